The van der Waals surface area contributed by atoms with E-state index in [1.807, 2.05) is 13.0 Å². The van der Waals surface area contributed by atoms with Crippen LogP contribution < -0.4 is 5.63 Å². The summed E-state index contributed by atoms with van der Waals surface area (Å²) >= 11 is 0. The minimum atomic E-state index is -0.653. The molecule has 4 nitrogen and oxygen atoms in total. The van der Waals surface area contributed by atoms with Gasteiger partial charge in [0, 0.05) is 0 Å². The number of hydrogen-bond donors (Lipinski definition) is 0. The molecule has 0 aliphatic rings. The minimum Gasteiger partial charge on any atom is -0.463 e. The molecule has 0 amide bonds. The van der Waals surface area contributed by atoms with Crippen LogP contribution in [0.2, 0.25) is 0 Å². The van der Waals surface area contributed by atoms with Crippen LogP contribution >= 0.6 is 0 Å². The van der Waals surface area contributed by atoms with Gasteiger partial charge in [0.1, 0.15) is 0 Å². The van der Waals surface area contributed by atoms with E-state index in [0.29, 0.717) is 10.8 Å². The van der Waals surface area contributed by atoms with E-state index >= 15 is 0 Å². The monoisotopic (exact) mass is 218 g/mol. The molecule has 0 N–H and O–H groups in total. The number of fused-ring (bicyclic) bond motifs is 1. The molecule has 1 aromatic carbocycles. The first-order valence-electron chi connectivity index (χ1n) is 4.74. The summed E-state index contributed by atoms with van der Waals surface area (Å²) in [6, 6.07) is 6.86. The quantitative estimate of drug-likeness (QED) is 0.686. The molecule has 0 fully saturated rings. The number of carbonyl (C=O) groups is 1. The molecule has 16 heavy (non-hydrogen) atoms. The molecular formula is C12H10O4. The van der Waals surface area contributed by atoms with Crippen LogP contribution in [-0.2, 0) is 4.74 Å². The first-order valence-corrected chi connectivity index (χ1v) is 4.74. The van der Waals surface area contributed by atoms with Crippen LogP contribution in [0, 0.1) is 6.92 Å². The van der Waals surface area contributed by atoms with Crippen LogP contribution in [-0.4, -0.2) is 13.1 Å². The van der Waals surface area contributed by atoms with Crippen molar-refractivity contribution < 1.29 is 13.9 Å². The Balaban J connectivity index is 2.73. The summed E-state index contributed by atoms with van der Waals surface area (Å²) in [5, 5.41) is 1.13. The molecule has 0 bridgehead atoms. The van der Waals surface area contributed by atoms with Crippen LogP contribution in [0.5, 0.6) is 0 Å². The summed E-state index contributed by atoms with van der Waals surface area (Å²) in [4.78, 5) is 22.8. The third kappa shape index (κ3) is 1.69. The van der Waals surface area contributed by atoms with Gasteiger partial charge in [0.25, 0.3) is 0 Å². The standard InChI is InChI=1S/C12H10O4/c1-7-3-4-8-6-10(12(14)15-2)16-11(13)9(8)5-7/h3-6H,1-2H3. The molecule has 2 aromatic rings. The maximum absolute atomic E-state index is 11.6. The van der Waals surface area contributed by atoms with Crippen LogP contribution in [0.3, 0.4) is 0 Å². The Kier molecular flexibility index (Phi) is 2.48. The molecule has 0 spiro atoms. The number of ether oxygens (including phenoxy) is 1. The predicted octanol–water partition coefficient (Wildman–Crippen LogP) is 1.89. The van der Waals surface area contributed by atoms with Gasteiger partial charge in [-0.25, -0.2) is 9.59 Å². The summed E-state index contributed by atoms with van der Waals surface area (Å²) in [5.74, 6) is -0.733. The fourth-order valence-electron chi connectivity index (χ4n) is 1.50. The lowest BCUT2D eigenvalue weighted by Crippen LogP contribution is -2.08. The van der Waals surface area contributed by atoms with E-state index in [0.717, 1.165) is 5.56 Å². The van der Waals surface area contributed by atoms with Crippen LogP contribution in [0.4, 0.5) is 0 Å². The number of aryl methyl sites for hydroxylation is 1. The van der Waals surface area contributed by atoms with Gasteiger partial charge in [-0.05, 0) is 24.4 Å². The molecule has 0 saturated heterocycles. The van der Waals surface area contributed by atoms with E-state index in [1.165, 1.54) is 13.2 Å². The lowest BCUT2D eigenvalue weighted by Gasteiger charge is -2.01. The Morgan fingerprint density at radius 2 is 2.06 bits per heavy atom. The molecule has 2 rings (SSSR count). The average molecular weight is 218 g/mol. The summed E-state index contributed by atoms with van der Waals surface area (Å²) < 4.78 is 9.36. The normalized spacial score (nSPS) is 10.4. The summed E-state index contributed by atoms with van der Waals surface area (Å²) in [6.45, 7) is 1.88. The van der Waals surface area contributed by atoms with E-state index in [4.69, 9.17) is 4.42 Å². The molecule has 0 saturated carbocycles. The van der Waals surface area contributed by atoms with Crippen molar-refractivity contribution in [1.82, 2.24) is 0 Å². The van der Waals surface area contributed by atoms with E-state index in [9.17, 15) is 9.59 Å². The van der Waals surface area contributed by atoms with Gasteiger partial charge in [-0.1, -0.05) is 17.7 Å². The van der Waals surface area contributed by atoms with Crippen molar-refractivity contribution in [2.45, 2.75) is 6.92 Å². The zero-order valence-electron chi connectivity index (χ0n) is 8.94. The van der Waals surface area contributed by atoms with Gasteiger partial charge in [0.2, 0.25) is 5.76 Å². The third-order valence-electron chi connectivity index (χ3n) is 2.30. The molecule has 1 aromatic heterocycles. The zero-order valence-corrected chi connectivity index (χ0v) is 8.94. The van der Waals surface area contributed by atoms with E-state index in [2.05, 4.69) is 4.74 Å². The second-order valence-corrected chi connectivity index (χ2v) is 3.48. The summed E-state index contributed by atoms with van der Waals surface area (Å²) in [5.41, 5.74) is 0.437. The highest BCUT2D eigenvalue weighted by molar-refractivity contribution is 5.91. The Bertz CT molecular complexity index is 610. The first-order chi connectivity index (χ1) is 7.61. The highest BCUT2D eigenvalue weighted by atomic mass is 16.5. The Labute approximate surface area is 91.4 Å². The number of carbonyl (C=O) groups excluding carboxylic acids is 1. The molecule has 0 atom stereocenters. The number of benzene rings is 1. The largest absolute Gasteiger partial charge is 0.463 e. The fraction of sp³-hybridized carbons (Fsp3) is 0.167. The van der Waals surface area contributed by atoms with Crippen molar-refractivity contribution >= 4 is 16.7 Å². The van der Waals surface area contributed by atoms with Gasteiger partial charge in [-0.15, -0.1) is 0 Å². The summed E-state index contributed by atoms with van der Waals surface area (Å²) in [6.07, 6.45) is 0. The molecule has 0 aliphatic heterocycles. The SMILES string of the molecule is COC(=O)c1cc2ccc(C)cc2c(=O)o1. The van der Waals surface area contributed by atoms with Gasteiger partial charge >= 0.3 is 11.6 Å². The smallest absolute Gasteiger partial charge is 0.374 e. The van der Waals surface area contributed by atoms with Crippen LogP contribution in [0.1, 0.15) is 16.1 Å². The van der Waals surface area contributed by atoms with Crippen LogP contribution in [0.25, 0.3) is 10.8 Å². The number of methoxy groups -OCH3 is 1. The number of hydrogen-bond acceptors (Lipinski definition) is 4. The van der Waals surface area contributed by atoms with Crippen molar-refractivity contribution in [2.24, 2.45) is 0 Å². The lowest BCUT2D eigenvalue weighted by atomic mass is 10.1. The zero-order chi connectivity index (χ0) is 11.7. The summed E-state index contributed by atoms with van der Waals surface area (Å²) in [7, 11) is 1.24. The molecule has 0 aliphatic carbocycles. The topological polar surface area (TPSA) is 56.5 Å². The Hall–Kier alpha value is -2.10. The van der Waals surface area contributed by atoms with E-state index in [-0.39, 0.29) is 5.76 Å². The lowest BCUT2D eigenvalue weighted by molar-refractivity contribution is 0.0560. The Morgan fingerprint density at radius 3 is 2.75 bits per heavy atom. The van der Waals surface area contributed by atoms with Crippen LogP contribution in [0.15, 0.2) is 33.5 Å². The molecule has 1 heterocycles. The molecule has 82 valence electrons. The second-order valence-electron chi connectivity index (χ2n) is 3.48. The van der Waals surface area contributed by atoms with Crippen molar-refractivity contribution in [3.63, 3.8) is 0 Å². The number of esters is 1. The van der Waals surface area contributed by atoms with Crippen molar-refractivity contribution in [3.8, 4) is 0 Å². The van der Waals surface area contributed by atoms with Gasteiger partial charge in [-0.2, -0.15) is 0 Å². The van der Waals surface area contributed by atoms with Gasteiger partial charge < -0.3 is 9.15 Å². The second kappa shape index (κ2) is 3.81. The molecule has 0 unspecified atom stereocenters. The molecule has 0 radical (unpaired) electrons. The number of rotatable bonds is 1. The third-order valence-corrected chi connectivity index (χ3v) is 2.30. The predicted molar refractivity (Wildman–Crippen MR) is 58.6 cm³/mol. The fourth-order valence-corrected chi connectivity index (χ4v) is 1.50. The van der Waals surface area contributed by atoms with Gasteiger partial charge in [0.15, 0.2) is 0 Å². The van der Waals surface area contributed by atoms with Crippen molar-refractivity contribution in [3.05, 3.63) is 46.0 Å². The highest BCUT2D eigenvalue weighted by Gasteiger charge is 2.11. The van der Waals surface area contributed by atoms with E-state index < -0.39 is 11.6 Å². The Morgan fingerprint density at radius 1 is 1.31 bits per heavy atom. The van der Waals surface area contributed by atoms with Crippen molar-refractivity contribution in [1.29, 1.82) is 0 Å². The van der Waals surface area contributed by atoms with E-state index in [1.54, 1.807) is 12.1 Å². The first kappa shape index (κ1) is 10.4. The van der Waals surface area contributed by atoms with Gasteiger partial charge in [0.05, 0.1) is 12.5 Å². The highest BCUT2D eigenvalue weighted by Crippen LogP contribution is 2.14. The molecular weight excluding hydrogens is 208 g/mol. The minimum absolute atomic E-state index is 0.0798. The maximum Gasteiger partial charge on any atom is 0.374 e. The average Bonchev–Trinajstić information content (AvgIpc) is 2.28. The van der Waals surface area contributed by atoms with Crippen molar-refractivity contribution in [2.75, 3.05) is 7.11 Å². The maximum atomic E-state index is 11.6. The van der Waals surface area contributed by atoms with Gasteiger partial charge in [-0.3, -0.25) is 0 Å². The molecule has 4 heteroatoms.